The minimum absolute atomic E-state index is 0.0318. The molecule has 2 aromatic carbocycles. The summed E-state index contributed by atoms with van der Waals surface area (Å²) in [5.74, 6) is -0.555. The van der Waals surface area contributed by atoms with Gasteiger partial charge in [0.1, 0.15) is 5.75 Å². The molecule has 2 aromatic rings. The zero-order chi connectivity index (χ0) is 23.0. The third-order valence-corrected chi connectivity index (χ3v) is 5.82. The second-order valence-electron chi connectivity index (χ2n) is 6.27. The predicted octanol–water partition coefficient (Wildman–Crippen LogP) is 2.72. The Bertz CT molecular complexity index is 1080. The molecule has 0 saturated heterocycles. The van der Waals surface area contributed by atoms with Crippen molar-refractivity contribution in [2.75, 3.05) is 11.9 Å². The fourth-order valence-corrected chi connectivity index (χ4v) is 3.80. The largest absolute Gasteiger partial charge is 0.493 e. The standard InChI is InChI=1S/C19H22BrN5O4S2/c1-2-3-10-29-16-9-4-12(20)11-15(16)17(26)24-19(30)23-13-5-7-14(8-6-13)31(27,28)25-18(21)22/h4-9,11H,2-3,10H2,1H3,(H4,21,22,25)(H2,23,24,26,30). The number of benzene rings is 2. The Kier molecular flexibility index (Phi) is 8.77. The summed E-state index contributed by atoms with van der Waals surface area (Å²) in [6, 6.07) is 10.7. The van der Waals surface area contributed by atoms with Gasteiger partial charge in [-0.3, -0.25) is 10.1 Å². The quantitative estimate of drug-likeness (QED) is 0.177. The van der Waals surface area contributed by atoms with Crippen molar-refractivity contribution in [3.8, 4) is 5.75 Å². The van der Waals surface area contributed by atoms with Crippen LogP contribution in [0.5, 0.6) is 5.75 Å². The molecule has 0 atom stereocenters. The van der Waals surface area contributed by atoms with E-state index in [1.54, 1.807) is 18.2 Å². The molecule has 0 aliphatic rings. The number of hydrogen-bond donors (Lipinski definition) is 4. The first-order chi connectivity index (χ1) is 14.6. The van der Waals surface area contributed by atoms with Crippen LogP contribution in [0, 0.1) is 0 Å². The van der Waals surface area contributed by atoms with Crippen molar-refractivity contribution in [3.05, 3.63) is 52.5 Å². The molecule has 0 aromatic heterocycles. The minimum Gasteiger partial charge on any atom is -0.493 e. The lowest BCUT2D eigenvalue weighted by Gasteiger charge is -2.13. The van der Waals surface area contributed by atoms with Crippen molar-refractivity contribution >= 4 is 60.8 Å². The van der Waals surface area contributed by atoms with Gasteiger partial charge in [0.25, 0.3) is 15.9 Å². The first-order valence-corrected chi connectivity index (χ1v) is 11.8. The van der Waals surface area contributed by atoms with E-state index in [1.807, 2.05) is 6.92 Å². The maximum atomic E-state index is 12.7. The number of hydrogen-bond acceptors (Lipinski definition) is 5. The van der Waals surface area contributed by atoms with E-state index in [2.05, 4.69) is 31.0 Å². The number of nitrogens with zero attached hydrogens (tertiary/aromatic N) is 1. The normalized spacial score (nSPS) is 10.8. The molecule has 0 spiro atoms. The van der Waals surface area contributed by atoms with E-state index in [9.17, 15) is 13.2 Å². The molecule has 1 amide bonds. The van der Waals surface area contributed by atoms with Crippen LogP contribution in [0.3, 0.4) is 0 Å². The topological polar surface area (TPSA) is 149 Å². The highest BCUT2D eigenvalue weighted by Gasteiger charge is 2.16. The summed E-state index contributed by atoms with van der Waals surface area (Å²) in [7, 11) is -3.99. The average molecular weight is 528 g/mol. The monoisotopic (exact) mass is 527 g/mol. The zero-order valence-electron chi connectivity index (χ0n) is 16.6. The number of rotatable bonds is 8. The highest BCUT2D eigenvalue weighted by atomic mass is 79.9. The van der Waals surface area contributed by atoms with Gasteiger partial charge in [0.2, 0.25) is 5.96 Å². The molecule has 12 heteroatoms. The molecule has 0 heterocycles. The fourth-order valence-electron chi connectivity index (χ4n) is 2.37. The van der Waals surface area contributed by atoms with E-state index >= 15 is 0 Å². The highest BCUT2D eigenvalue weighted by molar-refractivity contribution is 9.10. The van der Waals surface area contributed by atoms with Crippen molar-refractivity contribution in [3.63, 3.8) is 0 Å². The lowest BCUT2D eigenvalue weighted by Crippen LogP contribution is -2.34. The summed E-state index contributed by atoms with van der Waals surface area (Å²) in [5.41, 5.74) is 11.0. The summed E-state index contributed by atoms with van der Waals surface area (Å²) in [4.78, 5) is 12.6. The highest BCUT2D eigenvalue weighted by Crippen LogP contribution is 2.24. The summed E-state index contributed by atoms with van der Waals surface area (Å²) >= 11 is 8.54. The number of unbranched alkanes of at least 4 members (excludes halogenated alkanes) is 1. The second-order valence-corrected chi connectivity index (χ2v) is 9.19. The van der Waals surface area contributed by atoms with Gasteiger partial charge in [-0.05, 0) is 61.1 Å². The van der Waals surface area contributed by atoms with E-state index < -0.39 is 21.9 Å². The van der Waals surface area contributed by atoms with Crippen LogP contribution < -0.4 is 26.8 Å². The number of anilines is 1. The van der Waals surface area contributed by atoms with Crippen molar-refractivity contribution in [1.29, 1.82) is 0 Å². The molecule has 166 valence electrons. The van der Waals surface area contributed by atoms with Crippen LogP contribution in [0.2, 0.25) is 0 Å². The molecular weight excluding hydrogens is 506 g/mol. The number of nitrogens with one attached hydrogen (secondary N) is 2. The molecule has 0 unspecified atom stereocenters. The van der Waals surface area contributed by atoms with Gasteiger partial charge < -0.3 is 21.5 Å². The number of sulfonamides is 1. The van der Waals surface area contributed by atoms with Crippen LogP contribution in [0.4, 0.5) is 5.69 Å². The first kappa shape index (κ1) is 24.6. The fraction of sp³-hybridized carbons (Fsp3) is 0.211. The second kappa shape index (κ2) is 11.1. The Morgan fingerprint density at radius 1 is 1.19 bits per heavy atom. The Balaban J connectivity index is 2.07. The smallest absolute Gasteiger partial charge is 0.285 e. The maximum Gasteiger partial charge on any atom is 0.285 e. The number of carbonyl (C=O) groups excluding carboxylic acids is 1. The summed E-state index contributed by atoms with van der Waals surface area (Å²) in [5, 5.41) is 5.43. The van der Waals surface area contributed by atoms with Gasteiger partial charge in [-0.2, -0.15) is 8.42 Å². The molecule has 6 N–H and O–H groups in total. The van der Waals surface area contributed by atoms with E-state index in [1.165, 1.54) is 24.3 Å². The number of halogens is 1. The van der Waals surface area contributed by atoms with E-state index in [-0.39, 0.29) is 10.0 Å². The van der Waals surface area contributed by atoms with Crippen molar-refractivity contribution in [1.82, 2.24) is 5.32 Å². The lowest BCUT2D eigenvalue weighted by molar-refractivity contribution is 0.0973. The predicted molar refractivity (Wildman–Crippen MR) is 128 cm³/mol. The number of ether oxygens (including phenoxy) is 1. The van der Waals surface area contributed by atoms with E-state index in [0.29, 0.717) is 23.6 Å². The lowest BCUT2D eigenvalue weighted by atomic mass is 10.2. The van der Waals surface area contributed by atoms with Gasteiger partial charge >= 0.3 is 0 Å². The van der Waals surface area contributed by atoms with Crippen LogP contribution in [-0.2, 0) is 10.0 Å². The third kappa shape index (κ3) is 7.49. The van der Waals surface area contributed by atoms with Crippen LogP contribution in [-0.4, -0.2) is 32.0 Å². The van der Waals surface area contributed by atoms with Gasteiger partial charge in [0, 0.05) is 10.2 Å². The van der Waals surface area contributed by atoms with E-state index in [0.717, 1.165) is 17.3 Å². The van der Waals surface area contributed by atoms with Crippen LogP contribution in [0.1, 0.15) is 30.1 Å². The molecule has 0 aliphatic carbocycles. The summed E-state index contributed by atoms with van der Waals surface area (Å²) in [6.07, 6.45) is 1.84. The van der Waals surface area contributed by atoms with Gasteiger partial charge in [-0.25, -0.2) is 0 Å². The number of guanidine groups is 1. The zero-order valence-corrected chi connectivity index (χ0v) is 19.8. The number of amides is 1. The molecule has 31 heavy (non-hydrogen) atoms. The van der Waals surface area contributed by atoms with Gasteiger partial charge in [0.05, 0.1) is 17.1 Å². The number of thiocarbonyl (C=S) groups is 1. The Labute approximate surface area is 194 Å². The molecule has 0 bridgehead atoms. The molecule has 2 rings (SSSR count). The molecule has 0 radical (unpaired) electrons. The van der Waals surface area contributed by atoms with Crippen molar-refractivity contribution < 1.29 is 17.9 Å². The molecule has 0 fully saturated rings. The summed E-state index contributed by atoms with van der Waals surface area (Å²) in [6.45, 7) is 2.54. The van der Waals surface area contributed by atoms with Crippen molar-refractivity contribution in [2.45, 2.75) is 24.7 Å². The van der Waals surface area contributed by atoms with Crippen LogP contribution in [0.15, 0.2) is 56.2 Å². The molecule has 0 saturated carbocycles. The maximum absolute atomic E-state index is 12.7. The summed E-state index contributed by atoms with van der Waals surface area (Å²) < 4.78 is 33.6. The molecule has 9 nitrogen and oxygen atoms in total. The Hall–Kier alpha value is -2.70. The first-order valence-electron chi connectivity index (χ1n) is 9.13. The average Bonchev–Trinajstić information content (AvgIpc) is 2.68. The van der Waals surface area contributed by atoms with Gasteiger partial charge in [-0.1, -0.05) is 29.3 Å². The SMILES string of the molecule is CCCCOc1ccc(Br)cc1C(=O)NC(=S)Nc1ccc(S(=O)(=O)N=C(N)N)cc1. The van der Waals surface area contributed by atoms with Gasteiger partial charge in [-0.15, -0.1) is 4.40 Å². The minimum atomic E-state index is -3.99. The van der Waals surface area contributed by atoms with Gasteiger partial charge in [0.15, 0.2) is 5.11 Å². The van der Waals surface area contributed by atoms with Crippen LogP contribution in [0.25, 0.3) is 0 Å². The van der Waals surface area contributed by atoms with E-state index in [4.69, 9.17) is 28.4 Å². The molecular formula is C19H22BrN5O4S2. The van der Waals surface area contributed by atoms with Crippen molar-refractivity contribution in [2.24, 2.45) is 15.9 Å². The number of nitrogens with two attached hydrogens (primary N) is 2. The van der Waals surface area contributed by atoms with Crippen LogP contribution >= 0.6 is 28.1 Å². The Morgan fingerprint density at radius 3 is 2.48 bits per heavy atom. The third-order valence-electron chi connectivity index (χ3n) is 3.80. The number of carbonyl (C=O) groups is 1. The molecule has 0 aliphatic heterocycles. The Morgan fingerprint density at radius 2 is 1.87 bits per heavy atom.